The molecule has 0 fully saturated rings. The molecule has 260 valence electrons. The molecule has 2 aromatic carbocycles. The van der Waals surface area contributed by atoms with Crippen molar-refractivity contribution >= 4 is 75.8 Å². The summed E-state index contributed by atoms with van der Waals surface area (Å²) in [7, 11) is -21.0. The van der Waals surface area contributed by atoms with Gasteiger partial charge in [-0.15, -0.1) is 0 Å². The first-order valence-electron chi connectivity index (χ1n) is 12.1. The Morgan fingerprint density at radius 1 is 0.736 bits per heavy atom. The van der Waals surface area contributed by atoms with E-state index >= 15 is 0 Å². The van der Waals surface area contributed by atoms with Gasteiger partial charge in [-0.3, -0.25) is 18.5 Å². The molecule has 3 N–H and O–H groups in total. The van der Waals surface area contributed by atoms with E-state index in [0.29, 0.717) is 48.6 Å². The molecule has 0 aliphatic carbocycles. The fourth-order valence-corrected chi connectivity index (χ4v) is 6.37. The number of aromatic nitrogens is 2. The molecule has 1 amide bonds. The molecule has 1 aliphatic rings. The van der Waals surface area contributed by atoms with Gasteiger partial charge in [-0.05, 0) is 48.4 Å². The van der Waals surface area contributed by atoms with E-state index in [1.807, 2.05) is 0 Å². The molecule has 2 heterocycles. The number of rotatable bonds is 10. The molecule has 3 aromatic rings. The van der Waals surface area contributed by atoms with Crippen LogP contribution < -0.4 is 226 Å². The molecule has 0 saturated heterocycles. The SMILES string of the molecule is O=C([O-])C1=NN(c2cc(S(=O)(=O)O)ccc2S(=O)(=O)O)C(=O)/C1=C\C=C\c1c(C(=O)[O-])nn(-c2cc(S(=O)(=O)[O-])ccc2S(=O)(=O)O)c1[O-].[K+].[K+].[K+].[K+]. The molecule has 1 aromatic heterocycles. The molecular weight excluding hydrogens is 905 g/mol. The normalized spacial score (nSPS) is 14.1. The zero-order valence-electron chi connectivity index (χ0n) is 27.1. The summed E-state index contributed by atoms with van der Waals surface area (Å²) in [6.07, 6.45) is 1.70. The molecule has 53 heavy (non-hydrogen) atoms. The number of benzene rings is 2. The first-order chi connectivity index (χ1) is 22.3. The van der Waals surface area contributed by atoms with Gasteiger partial charge in [-0.25, -0.2) is 13.1 Å². The predicted octanol–water partition coefficient (Wildman–Crippen LogP) is -15.9. The van der Waals surface area contributed by atoms with Gasteiger partial charge >= 0.3 is 206 Å². The summed E-state index contributed by atoms with van der Waals surface area (Å²) in [5.74, 6) is -7.52. The fraction of sp³-hybridized carbons (Fsp3) is 0. The maximum atomic E-state index is 13.2. The van der Waals surface area contributed by atoms with E-state index in [9.17, 15) is 81.6 Å². The molecule has 30 heteroatoms. The third-order valence-electron chi connectivity index (χ3n) is 6.13. The largest absolute Gasteiger partial charge is 1.00 e. The van der Waals surface area contributed by atoms with Crippen LogP contribution in [0.1, 0.15) is 16.1 Å². The zero-order chi connectivity index (χ0) is 37.0. The van der Waals surface area contributed by atoms with E-state index in [2.05, 4.69) is 10.2 Å². The van der Waals surface area contributed by atoms with Crippen molar-refractivity contribution in [3.8, 4) is 11.6 Å². The predicted molar refractivity (Wildman–Crippen MR) is 148 cm³/mol. The van der Waals surface area contributed by atoms with Gasteiger partial charge in [-0.2, -0.15) is 40.5 Å². The average molecular weight is 917 g/mol. The summed E-state index contributed by atoms with van der Waals surface area (Å²) in [5.41, 5.74) is -6.72. The molecule has 0 radical (unpaired) electrons. The van der Waals surface area contributed by atoms with Gasteiger partial charge < -0.3 is 29.5 Å². The molecule has 0 saturated carbocycles. The number of aliphatic carboxylic acids is 1. The van der Waals surface area contributed by atoms with Crippen LogP contribution in [-0.4, -0.2) is 85.2 Å². The number of hydrazone groups is 1. The molecule has 1 aliphatic heterocycles. The summed E-state index contributed by atoms with van der Waals surface area (Å²) < 4.78 is 134. The molecule has 0 spiro atoms. The van der Waals surface area contributed by atoms with Crippen LogP contribution in [0, 0.1) is 0 Å². The fourth-order valence-electron chi connectivity index (χ4n) is 4.08. The van der Waals surface area contributed by atoms with E-state index in [0.717, 1.165) is 0 Å². The molecule has 0 atom stereocenters. The quantitative estimate of drug-likeness (QED) is 0.0965. The van der Waals surface area contributed by atoms with Gasteiger partial charge in [0.15, 0.2) is 0 Å². The zero-order valence-corrected chi connectivity index (χ0v) is 42.8. The van der Waals surface area contributed by atoms with Gasteiger partial charge in [0.05, 0.1) is 38.7 Å². The van der Waals surface area contributed by atoms with Crippen molar-refractivity contribution in [1.29, 1.82) is 0 Å². The Morgan fingerprint density at radius 2 is 1.23 bits per heavy atom. The number of hydrogen-bond donors (Lipinski definition) is 3. The van der Waals surface area contributed by atoms with Crippen LogP contribution in [0.4, 0.5) is 5.69 Å². The van der Waals surface area contributed by atoms with Crippen molar-refractivity contribution < 1.29 is 287 Å². The number of carbonyl (C=O) groups is 3. The van der Waals surface area contributed by atoms with E-state index in [-0.39, 0.29) is 221 Å². The van der Waals surface area contributed by atoms with Crippen LogP contribution in [-0.2, 0) is 50.1 Å². The van der Waals surface area contributed by atoms with Crippen molar-refractivity contribution in [2.24, 2.45) is 5.10 Å². The topological polar surface area (TPSA) is 374 Å². The number of amides is 1. The Hall–Kier alpha value is 1.20. The number of carboxylic acid groups (broad SMARTS) is 2. The summed E-state index contributed by atoms with van der Waals surface area (Å²) in [6.45, 7) is 0. The van der Waals surface area contributed by atoms with E-state index < -0.39 is 118 Å². The Labute approximate surface area is 468 Å². The van der Waals surface area contributed by atoms with Crippen molar-refractivity contribution in [3.63, 3.8) is 0 Å². The maximum absolute atomic E-state index is 13.2. The monoisotopic (exact) mass is 916 g/mol. The van der Waals surface area contributed by atoms with Crippen LogP contribution in [0.2, 0.25) is 0 Å². The molecule has 0 unspecified atom stereocenters. The Morgan fingerprint density at radius 3 is 1.68 bits per heavy atom. The van der Waals surface area contributed by atoms with Crippen molar-refractivity contribution in [2.45, 2.75) is 19.6 Å². The van der Waals surface area contributed by atoms with E-state index in [4.69, 9.17) is 0 Å². The van der Waals surface area contributed by atoms with Gasteiger partial charge in [-0.1, -0.05) is 12.2 Å². The number of carbonyl (C=O) groups excluding carboxylic acids is 3. The minimum atomic E-state index is -5.32. The molecule has 0 bridgehead atoms. The third kappa shape index (κ3) is 12.6. The maximum Gasteiger partial charge on any atom is 1.00 e. The summed E-state index contributed by atoms with van der Waals surface area (Å²) in [4.78, 5) is 32.1. The second-order valence-electron chi connectivity index (χ2n) is 9.20. The van der Waals surface area contributed by atoms with Crippen molar-refractivity contribution in [3.05, 3.63) is 65.4 Å². The molecule has 22 nitrogen and oxygen atoms in total. The van der Waals surface area contributed by atoms with Gasteiger partial charge in [0.1, 0.15) is 31.3 Å². The van der Waals surface area contributed by atoms with Gasteiger partial charge in [0, 0.05) is 5.56 Å². The third-order valence-corrected chi connectivity index (χ3v) is 9.61. The van der Waals surface area contributed by atoms with Crippen LogP contribution in [0.25, 0.3) is 11.8 Å². The summed E-state index contributed by atoms with van der Waals surface area (Å²) >= 11 is 0. The van der Waals surface area contributed by atoms with E-state index in [1.165, 1.54) is 0 Å². The average Bonchev–Trinajstić information content (AvgIpc) is 3.47. The number of carboxylic acids is 2. The second kappa shape index (κ2) is 20.4. The van der Waals surface area contributed by atoms with Crippen molar-refractivity contribution in [1.82, 2.24) is 9.78 Å². The van der Waals surface area contributed by atoms with E-state index in [1.54, 1.807) is 0 Å². The number of nitrogens with zero attached hydrogens (tertiary/aromatic N) is 4. The number of anilines is 1. The summed E-state index contributed by atoms with van der Waals surface area (Å²) in [5, 5.41) is 43.4. The van der Waals surface area contributed by atoms with Crippen LogP contribution >= 0.6 is 0 Å². The van der Waals surface area contributed by atoms with Crippen LogP contribution in [0.3, 0.4) is 0 Å². The second-order valence-corrected chi connectivity index (χ2v) is 14.8. The van der Waals surface area contributed by atoms with Crippen molar-refractivity contribution in [2.75, 3.05) is 5.01 Å². The van der Waals surface area contributed by atoms with Gasteiger partial charge in [0.2, 0.25) is 0 Å². The Bertz CT molecular complexity index is 2550. The standard InChI is InChI=1S/C23H16N4O18S4.4K/c28-20-12(18(22(30)31)24-26(20)14-8-10(46(34,35)36)4-6-16(14)48(40,41)42)2-1-3-13-19(23(32)33)25-27(21(13)29)15-9-11(47(37,38)39)5-7-17(15)49(43,44)45;;;;/h1-9,28H,(H,30,31)(H,32,33)(H,34,35,36)(H,37,38,39)(H,40,41,42)(H,43,44,45);;;;/q;4*+1/p-4/b2-1+,13-3-;;;;. The minimum absolute atomic E-state index is 0. The summed E-state index contributed by atoms with van der Waals surface area (Å²) in [6, 6.07) is 2.40. The number of hydrogen-bond acceptors (Lipinski definition) is 17. The first-order valence-corrected chi connectivity index (χ1v) is 17.8. The van der Waals surface area contributed by atoms with Crippen LogP contribution in [0.5, 0.6) is 5.88 Å². The number of allylic oxidation sites excluding steroid dienone is 2. The Balaban J connectivity index is 0.00000676. The molecular formula is C23H12K4N4O18S4. The first kappa shape index (κ1) is 54.2. The molecule has 4 rings (SSSR count). The minimum Gasteiger partial charge on any atom is -0.858 e. The van der Waals surface area contributed by atoms with Gasteiger partial charge in [0.25, 0.3) is 36.3 Å². The smallest absolute Gasteiger partial charge is 0.858 e. The van der Waals surface area contributed by atoms with Crippen LogP contribution in [0.15, 0.2) is 78.8 Å². The Kier molecular flexibility index (Phi) is 20.9. The number of aromatic carboxylic acids is 1.